The number of hydrogen-bond acceptors (Lipinski definition) is 3. The minimum Gasteiger partial charge on any atom is -0.372 e. The molecule has 0 unspecified atom stereocenters. The molecule has 0 radical (unpaired) electrons. The molecule has 0 spiro atoms. The summed E-state index contributed by atoms with van der Waals surface area (Å²) >= 11 is 0. The molecule has 0 bridgehead atoms. The number of benzene rings is 1. The first-order valence-electron chi connectivity index (χ1n) is 5.99. The Kier molecular flexibility index (Phi) is 4.47. The lowest BCUT2D eigenvalue weighted by Crippen LogP contribution is -2.22. The number of anilines is 1. The number of rotatable bonds is 5. The smallest absolute Gasteiger partial charge is 0.235 e. The topological polar surface area (TPSA) is 32.7 Å². The molecule has 0 N–H and O–H groups in total. The average molecular weight is 232 g/mol. The van der Waals surface area contributed by atoms with Gasteiger partial charge in [-0.1, -0.05) is 12.1 Å². The van der Waals surface area contributed by atoms with Gasteiger partial charge in [-0.2, -0.15) is 4.99 Å². The lowest BCUT2D eigenvalue weighted by atomic mass is 9.95. The van der Waals surface area contributed by atoms with Crippen LogP contribution >= 0.6 is 0 Å². The zero-order valence-electron chi connectivity index (χ0n) is 11.0. The molecular formula is C14H20N2O. The van der Waals surface area contributed by atoms with E-state index in [0.29, 0.717) is 0 Å². The lowest BCUT2D eigenvalue weighted by molar-refractivity contribution is 0.523. The molecule has 17 heavy (non-hydrogen) atoms. The summed E-state index contributed by atoms with van der Waals surface area (Å²) in [5.74, 6) is 0. The van der Waals surface area contributed by atoms with Gasteiger partial charge in [0.2, 0.25) is 6.08 Å². The van der Waals surface area contributed by atoms with Crippen LogP contribution in [0.4, 0.5) is 5.69 Å². The van der Waals surface area contributed by atoms with E-state index in [4.69, 9.17) is 0 Å². The van der Waals surface area contributed by atoms with Crippen molar-refractivity contribution in [3.05, 3.63) is 29.8 Å². The number of hydrogen-bond donors (Lipinski definition) is 0. The van der Waals surface area contributed by atoms with Crippen LogP contribution in [0.25, 0.3) is 0 Å². The van der Waals surface area contributed by atoms with Crippen molar-refractivity contribution in [3.63, 3.8) is 0 Å². The van der Waals surface area contributed by atoms with Crippen LogP contribution < -0.4 is 4.90 Å². The molecule has 0 aromatic heterocycles. The van der Waals surface area contributed by atoms with Crippen molar-refractivity contribution in [1.29, 1.82) is 0 Å². The third-order valence-corrected chi connectivity index (χ3v) is 3.03. The number of isocyanates is 1. The highest BCUT2D eigenvalue weighted by Gasteiger charge is 2.19. The Hall–Kier alpha value is -1.60. The number of nitrogens with zero attached hydrogens (tertiary/aromatic N) is 2. The highest BCUT2D eigenvalue weighted by molar-refractivity contribution is 5.49. The highest BCUT2D eigenvalue weighted by atomic mass is 16.1. The summed E-state index contributed by atoms with van der Waals surface area (Å²) in [5, 5.41) is 0. The SMILES string of the molecule is CCN(CC)c1ccc(C(C)(C)N=C=O)cc1. The van der Waals surface area contributed by atoms with Crippen molar-refractivity contribution in [1.82, 2.24) is 0 Å². The van der Waals surface area contributed by atoms with E-state index in [1.807, 2.05) is 26.0 Å². The zero-order chi connectivity index (χ0) is 12.9. The first-order chi connectivity index (χ1) is 8.05. The molecule has 3 heteroatoms. The van der Waals surface area contributed by atoms with Gasteiger partial charge in [-0.3, -0.25) is 0 Å². The van der Waals surface area contributed by atoms with Crippen LogP contribution in [0.15, 0.2) is 29.3 Å². The van der Waals surface area contributed by atoms with Gasteiger partial charge in [0.25, 0.3) is 0 Å². The van der Waals surface area contributed by atoms with E-state index in [-0.39, 0.29) is 0 Å². The Morgan fingerprint density at radius 2 is 1.71 bits per heavy atom. The van der Waals surface area contributed by atoms with Crippen molar-refractivity contribution in [2.75, 3.05) is 18.0 Å². The maximum atomic E-state index is 10.4. The van der Waals surface area contributed by atoms with Gasteiger partial charge < -0.3 is 4.90 Å². The first-order valence-corrected chi connectivity index (χ1v) is 5.99. The molecule has 0 heterocycles. The second-order valence-corrected chi connectivity index (χ2v) is 4.48. The lowest BCUT2D eigenvalue weighted by Gasteiger charge is -2.23. The minimum atomic E-state index is -0.496. The van der Waals surface area contributed by atoms with Crippen LogP contribution in [0.2, 0.25) is 0 Å². The van der Waals surface area contributed by atoms with E-state index in [9.17, 15) is 4.79 Å². The van der Waals surface area contributed by atoms with Crippen molar-refractivity contribution in [3.8, 4) is 0 Å². The van der Waals surface area contributed by atoms with Gasteiger partial charge in [-0.25, -0.2) is 4.79 Å². The predicted octanol–water partition coefficient (Wildman–Crippen LogP) is 3.10. The monoisotopic (exact) mass is 232 g/mol. The molecule has 0 aliphatic heterocycles. The maximum Gasteiger partial charge on any atom is 0.235 e. The Bertz CT molecular complexity index is 399. The fraction of sp³-hybridized carbons (Fsp3) is 0.500. The minimum absolute atomic E-state index is 0.496. The van der Waals surface area contributed by atoms with Crippen molar-refractivity contribution < 1.29 is 4.79 Å². The fourth-order valence-corrected chi connectivity index (χ4v) is 1.85. The second kappa shape index (κ2) is 5.65. The summed E-state index contributed by atoms with van der Waals surface area (Å²) in [5.41, 5.74) is 1.73. The Morgan fingerprint density at radius 3 is 2.12 bits per heavy atom. The summed E-state index contributed by atoms with van der Waals surface area (Å²) < 4.78 is 0. The average Bonchev–Trinajstić information content (AvgIpc) is 2.31. The third kappa shape index (κ3) is 3.18. The highest BCUT2D eigenvalue weighted by Crippen LogP contribution is 2.26. The van der Waals surface area contributed by atoms with Gasteiger partial charge in [-0.15, -0.1) is 0 Å². The van der Waals surface area contributed by atoms with Gasteiger partial charge in [-0.05, 0) is 45.4 Å². The van der Waals surface area contributed by atoms with Crippen LogP contribution in [0.3, 0.4) is 0 Å². The van der Waals surface area contributed by atoms with E-state index < -0.39 is 5.54 Å². The molecule has 0 aliphatic rings. The summed E-state index contributed by atoms with van der Waals surface area (Å²) in [6.07, 6.45) is 1.63. The maximum absolute atomic E-state index is 10.4. The van der Waals surface area contributed by atoms with Gasteiger partial charge in [0.15, 0.2) is 0 Å². The molecule has 1 aromatic rings. The fourth-order valence-electron chi connectivity index (χ4n) is 1.85. The van der Waals surface area contributed by atoms with Gasteiger partial charge in [0.1, 0.15) is 0 Å². The van der Waals surface area contributed by atoms with Gasteiger partial charge in [0.05, 0.1) is 5.54 Å². The van der Waals surface area contributed by atoms with Crippen molar-refractivity contribution >= 4 is 11.8 Å². The second-order valence-electron chi connectivity index (χ2n) is 4.48. The van der Waals surface area contributed by atoms with E-state index in [1.54, 1.807) is 6.08 Å². The molecule has 0 fully saturated rings. The normalized spacial score (nSPS) is 10.8. The van der Waals surface area contributed by atoms with Crippen LogP contribution in [0.1, 0.15) is 33.3 Å². The van der Waals surface area contributed by atoms with E-state index in [0.717, 1.165) is 18.7 Å². The van der Waals surface area contributed by atoms with E-state index >= 15 is 0 Å². The van der Waals surface area contributed by atoms with Crippen molar-refractivity contribution in [2.24, 2.45) is 4.99 Å². The van der Waals surface area contributed by atoms with Gasteiger partial charge >= 0.3 is 0 Å². The summed E-state index contributed by atoms with van der Waals surface area (Å²) in [6.45, 7) is 10.1. The van der Waals surface area contributed by atoms with Crippen LogP contribution in [-0.4, -0.2) is 19.2 Å². The number of aliphatic imine (C=N–C) groups is 1. The van der Waals surface area contributed by atoms with Crippen LogP contribution in [0, 0.1) is 0 Å². The predicted molar refractivity (Wildman–Crippen MR) is 71.2 cm³/mol. The van der Waals surface area contributed by atoms with Crippen LogP contribution in [-0.2, 0) is 10.3 Å². The number of carbonyl (C=O) groups excluding carboxylic acids is 1. The Morgan fingerprint density at radius 1 is 1.18 bits per heavy atom. The quantitative estimate of drug-likeness (QED) is 0.577. The molecule has 3 nitrogen and oxygen atoms in total. The van der Waals surface area contributed by atoms with Crippen LogP contribution in [0.5, 0.6) is 0 Å². The molecule has 1 rings (SSSR count). The third-order valence-electron chi connectivity index (χ3n) is 3.03. The van der Waals surface area contributed by atoms with E-state index in [2.05, 4.69) is 35.9 Å². The molecule has 0 aliphatic carbocycles. The molecule has 1 aromatic carbocycles. The summed E-state index contributed by atoms with van der Waals surface area (Å²) in [4.78, 5) is 16.5. The largest absolute Gasteiger partial charge is 0.372 e. The molecule has 92 valence electrons. The summed E-state index contributed by atoms with van der Waals surface area (Å²) in [6, 6.07) is 8.19. The molecule has 0 atom stereocenters. The molecule has 0 saturated carbocycles. The molecule has 0 amide bonds. The van der Waals surface area contributed by atoms with Gasteiger partial charge in [0, 0.05) is 18.8 Å². The van der Waals surface area contributed by atoms with Crippen molar-refractivity contribution in [2.45, 2.75) is 33.2 Å². The molecular weight excluding hydrogens is 212 g/mol. The standard InChI is InChI=1S/C14H20N2O/c1-5-16(6-2)13-9-7-12(8-10-13)14(3,4)15-11-17/h7-10H,5-6H2,1-4H3. The Balaban J connectivity index is 2.99. The Labute approximate surface area is 103 Å². The molecule has 0 saturated heterocycles. The zero-order valence-corrected chi connectivity index (χ0v) is 11.0. The van der Waals surface area contributed by atoms with E-state index in [1.165, 1.54) is 5.69 Å². The summed E-state index contributed by atoms with van der Waals surface area (Å²) in [7, 11) is 0. The first kappa shape index (κ1) is 13.5.